The fourth-order valence-electron chi connectivity index (χ4n) is 2.37. The Labute approximate surface area is 103 Å². The predicted octanol–water partition coefficient (Wildman–Crippen LogP) is 2.31. The van der Waals surface area contributed by atoms with Crippen molar-refractivity contribution in [3.05, 3.63) is 11.8 Å². The molecule has 2 rings (SSSR count). The van der Waals surface area contributed by atoms with Gasteiger partial charge in [0.25, 0.3) is 0 Å². The summed E-state index contributed by atoms with van der Waals surface area (Å²) in [6, 6.07) is 2.07. The number of nitrogens with zero attached hydrogens (tertiary/aromatic N) is 3. The molecule has 0 saturated carbocycles. The van der Waals surface area contributed by atoms with Crippen LogP contribution in [0.5, 0.6) is 0 Å². The molecule has 1 unspecified atom stereocenters. The molecular weight excluding hydrogens is 212 g/mol. The van der Waals surface area contributed by atoms with Gasteiger partial charge >= 0.3 is 0 Å². The van der Waals surface area contributed by atoms with Crippen molar-refractivity contribution in [1.82, 2.24) is 9.97 Å². The standard InChI is InChI=1S/C13H22N4/c1-9(2)11-5-6-17(8-11)12-7-10(3)15-13(14-4)16-12/h7,9,11H,5-6,8H2,1-4H3,(H,14,15,16). The molecule has 2 heterocycles. The van der Waals surface area contributed by atoms with Crippen LogP contribution >= 0.6 is 0 Å². The molecular formula is C13H22N4. The molecule has 94 valence electrons. The SMILES string of the molecule is CNc1nc(C)cc(N2CCC(C(C)C)C2)n1. The normalized spacial score (nSPS) is 20.1. The second-order valence-corrected chi connectivity index (χ2v) is 5.18. The first-order valence-electron chi connectivity index (χ1n) is 6.38. The van der Waals surface area contributed by atoms with Crippen molar-refractivity contribution in [2.45, 2.75) is 27.2 Å². The number of rotatable bonds is 3. The molecule has 0 amide bonds. The second-order valence-electron chi connectivity index (χ2n) is 5.18. The smallest absolute Gasteiger partial charge is 0.224 e. The van der Waals surface area contributed by atoms with Gasteiger partial charge < -0.3 is 10.2 Å². The summed E-state index contributed by atoms with van der Waals surface area (Å²) in [5, 5.41) is 3.02. The number of aryl methyl sites for hydroxylation is 1. The predicted molar refractivity (Wildman–Crippen MR) is 71.5 cm³/mol. The maximum atomic E-state index is 4.53. The summed E-state index contributed by atoms with van der Waals surface area (Å²) in [5.41, 5.74) is 1.02. The van der Waals surface area contributed by atoms with Crippen LogP contribution in [0.2, 0.25) is 0 Å². The van der Waals surface area contributed by atoms with Gasteiger partial charge in [0.2, 0.25) is 5.95 Å². The number of hydrogen-bond acceptors (Lipinski definition) is 4. The molecule has 1 aromatic heterocycles. The molecule has 1 aliphatic rings. The Hall–Kier alpha value is -1.32. The maximum absolute atomic E-state index is 4.53. The van der Waals surface area contributed by atoms with Crippen LogP contribution in [0.25, 0.3) is 0 Å². The molecule has 17 heavy (non-hydrogen) atoms. The third kappa shape index (κ3) is 2.68. The lowest BCUT2D eigenvalue weighted by Crippen LogP contribution is -2.22. The van der Waals surface area contributed by atoms with Crippen LogP contribution in [0.3, 0.4) is 0 Å². The Kier molecular flexibility index (Phi) is 3.50. The van der Waals surface area contributed by atoms with Crippen LogP contribution < -0.4 is 10.2 Å². The minimum absolute atomic E-state index is 0.716. The molecule has 1 aromatic rings. The zero-order chi connectivity index (χ0) is 12.4. The van der Waals surface area contributed by atoms with Gasteiger partial charge in [-0.05, 0) is 25.2 Å². The van der Waals surface area contributed by atoms with Gasteiger partial charge in [0, 0.05) is 31.9 Å². The summed E-state index contributed by atoms with van der Waals surface area (Å²) < 4.78 is 0. The highest BCUT2D eigenvalue weighted by Crippen LogP contribution is 2.27. The highest BCUT2D eigenvalue weighted by molar-refractivity contribution is 5.45. The monoisotopic (exact) mass is 234 g/mol. The van der Waals surface area contributed by atoms with Crippen molar-refractivity contribution in [2.75, 3.05) is 30.4 Å². The van der Waals surface area contributed by atoms with E-state index in [9.17, 15) is 0 Å². The van der Waals surface area contributed by atoms with Gasteiger partial charge in [-0.1, -0.05) is 13.8 Å². The molecule has 0 aliphatic carbocycles. The van der Waals surface area contributed by atoms with E-state index >= 15 is 0 Å². The quantitative estimate of drug-likeness (QED) is 0.871. The Balaban J connectivity index is 2.15. The Morgan fingerprint density at radius 1 is 1.41 bits per heavy atom. The number of anilines is 2. The molecule has 1 saturated heterocycles. The molecule has 0 aromatic carbocycles. The van der Waals surface area contributed by atoms with E-state index in [1.54, 1.807) is 0 Å². The largest absolute Gasteiger partial charge is 0.357 e. The van der Waals surface area contributed by atoms with E-state index in [1.807, 2.05) is 14.0 Å². The van der Waals surface area contributed by atoms with E-state index in [-0.39, 0.29) is 0 Å². The first-order chi connectivity index (χ1) is 8.10. The lowest BCUT2D eigenvalue weighted by molar-refractivity contribution is 0.422. The van der Waals surface area contributed by atoms with Crippen LogP contribution in [0.1, 0.15) is 26.0 Å². The fourth-order valence-corrected chi connectivity index (χ4v) is 2.37. The molecule has 4 nitrogen and oxygen atoms in total. The van der Waals surface area contributed by atoms with E-state index in [0.29, 0.717) is 5.95 Å². The Morgan fingerprint density at radius 2 is 2.18 bits per heavy atom. The van der Waals surface area contributed by atoms with Crippen molar-refractivity contribution in [3.63, 3.8) is 0 Å². The van der Waals surface area contributed by atoms with Crippen molar-refractivity contribution < 1.29 is 0 Å². The molecule has 0 spiro atoms. The van der Waals surface area contributed by atoms with Gasteiger partial charge in [-0.15, -0.1) is 0 Å². The van der Waals surface area contributed by atoms with Crippen LogP contribution in [0, 0.1) is 18.8 Å². The van der Waals surface area contributed by atoms with E-state index in [0.717, 1.165) is 36.4 Å². The summed E-state index contributed by atoms with van der Waals surface area (Å²) in [6.07, 6.45) is 1.27. The minimum Gasteiger partial charge on any atom is -0.357 e. The van der Waals surface area contributed by atoms with E-state index in [2.05, 4.69) is 40.1 Å². The van der Waals surface area contributed by atoms with Crippen molar-refractivity contribution >= 4 is 11.8 Å². The van der Waals surface area contributed by atoms with Gasteiger partial charge in [0.05, 0.1) is 0 Å². The van der Waals surface area contributed by atoms with Gasteiger partial charge in [-0.2, -0.15) is 4.98 Å². The summed E-state index contributed by atoms with van der Waals surface area (Å²) in [5.74, 6) is 3.33. The summed E-state index contributed by atoms with van der Waals surface area (Å²) in [7, 11) is 1.86. The summed E-state index contributed by atoms with van der Waals surface area (Å²) >= 11 is 0. The van der Waals surface area contributed by atoms with Gasteiger partial charge in [-0.3, -0.25) is 0 Å². The summed E-state index contributed by atoms with van der Waals surface area (Å²) in [4.78, 5) is 11.2. The zero-order valence-electron chi connectivity index (χ0n) is 11.2. The first-order valence-corrected chi connectivity index (χ1v) is 6.38. The number of nitrogens with one attached hydrogen (secondary N) is 1. The maximum Gasteiger partial charge on any atom is 0.224 e. The minimum atomic E-state index is 0.716. The van der Waals surface area contributed by atoms with Gasteiger partial charge in [0.15, 0.2) is 0 Å². The average Bonchev–Trinajstić information content (AvgIpc) is 2.77. The molecule has 1 aliphatic heterocycles. The lowest BCUT2D eigenvalue weighted by atomic mass is 9.95. The van der Waals surface area contributed by atoms with Gasteiger partial charge in [-0.25, -0.2) is 4.98 Å². The molecule has 1 atom stereocenters. The zero-order valence-corrected chi connectivity index (χ0v) is 11.2. The number of hydrogen-bond donors (Lipinski definition) is 1. The number of aromatic nitrogens is 2. The third-order valence-electron chi connectivity index (χ3n) is 3.56. The van der Waals surface area contributed by atoms with E-state index in [1.165, 1.54) is 6.42 Å². The van der Waals surface area contributed by atoms with Crippen LogP contribution in [-0.2, 0) is 0 Å². The average molecular weight is 234 g/mol. The molecule has 0 radical (unpaired) electrons. The molecule has 0 bridgehead atoms. The highest BCUT2D eigenvalue weighted by Gasteiger charge is 2.25. The Bertz CT molecular complexity index is 389. The van der Waals surface area contributed by atoms with E-state index in [4.69, 9.17) is 0 Å². The van der Waals surface area contributed by atoms with Crippen molar-refractivity contribution in [1.29, 1.82) is 0 Å². The van der Waals surface area contributed by atoms with Crippen LogP contribution in [0.15, 0.2) is 6.07 Å². The summed E-state index contributed by atoms with van der Waals surface area (Å²) in [6.45, 7) is 8.86. The Morgan fingerprint density at radius 3 is 2.76 bits per heavy atom. The molecule has 4 heteroatoms. The van der Waals surface area contributed by atoms with Gasteiger partial charge in [0.1, 0.15) is 5.82 Å². The fraction of sp³-hybridized carbons (Fsp3) is 0.692. The van der Waals surface area contributed by atoms with Crippen LogP contribution in [0.4, 0.5) is 11.8 Å². The lowest BCUT2D eigenvalue weighted by Gasteiger charge is -2.19. The first kappa shape index (κ1) is 12.1. The van der Waals surface area contributed by atoms with Crippen molar-refractivity contribution in [2.24, 2.45) is 11.8 Å². The van der Waals surface area contributed by atoms with Crippen molar-refractivity contribution in [3.8, 4) is 0 Å². The highest BCUT2D eigenvalue weighted by atomic mass is 15.2. The topological polar surface area (TPSA) is 41.1 Å². The molecule has 1 fully saturated rings. The second kappa shape index (κ2) is 4.90. The molecule has 1 N–H and O–H groups in total. The van der Waals surface area contributed by atoms with E-state index < -0.39 is 0 Å². The van der Waals surface area contributed by atoms with Crippen LogP contribution in [-0.4, -0.2) is 30.1 Å². The third-order valence-corrected chi connectivity index (χ3v) is 3.56.